The van der Waals surface area contributed by atoms with E-state index in [0.29, 0.717) is 0 Å². The van der Waals surface area contributed by atoms with E-state index < -0.39 is 0 Å². The molecule has 1 N–H and O–H groups in total. The van der Waals surface area contributed by atoms with Gasteiger partial charge in [0.05, 0.1) is 17.3 Å². The van der Waals surface area contributed by atoms with Gasteiger partial charge in [0.1, 0.15) is 0 Å². The first-order valence-corrected chi connectivity index (χ1v) is 14.4. The van der Waals surface area contributed by atoms with Gasteiger partial charge in [-0.05, 0) is 62.1 Å². The zero-order valence-electron chi connectivity index (χ0n) is 22.5. The third kappa shape index (κ3) is 5.12. The Morgan fingerprint density at radius 1 is 0.868 bits per heavy atom. The van der Waals surface area contributed by atoms with Crippen LogP contribution in [0.3, 0.4) is 0 Å². The van der Waals surface area contributed by atoms with Crippen LogP contribution < -0.4 is 9.80 Å². The molecule has 0 spiro atoms. The second-order valence-electron chi connectivity index (χ2n) is 11.1. The molecule has 1 aromatic carbocycles. The number of aliphatic hydroxyl groups excluding tert-OH is 1. The number of anilines is 2. The van der Waals surface area contributed by atoms with E-state index in [0.717, 1.165) is 90.1 Å². The molecule has 3 aliphatic rings. The minimum absolute atomic E-state index is 0.0816. The van der Waals surface area contributed by atoms with Gasteiger partial charge in [-0.15, -0.1) is 0 Å². The predicted molar refractivity (Wildman–Crippen MR) is 152 cm³/mol. The Kier molecular flexibility index (Phi) is 7.26. The second-order valence-corrected chi connectivity index (χ2v) is 11.1. The molecule has 3 aromatic rings. The van der Waals surface area contributed by atoms with Crippen molar-refractivity contribution in [2.45, 2.75) is 38.7 Å². The highest BCUT2D eigenvalue weighted by molar-refractivity contribution is 5.81. The number of aromatic nitrogens is 2. The van der Waals surface area contributed by atoms with E-state index in [9.17, 15) is 9.90 Å². The van der Waals surface area contributed by atoms with Crippen LogP contribution >= 0.6 is 0 Å². The van der Waals surface area contributed by atoms with Crippen LogP contribution in [-0.4, -0.2) is 95.4 Å². The first kappa shape index (κ1) is 25.2. The van der Waals surface area contributed by atoms with E-state index in [-0.39, 0.29) is 17.9 Å². The molecule has 0 atom stereocenters. The number of hydrogen-bond donors (Lipinski definition) is 1. The largest absolute Gasteiger partial charge is 0.393 e. The number of amides is 1. The second kappa shape index (κ2) is 10.9. The van der Waals surface area contributed by atoms with Gasteiger partial charge in [0.15, 0.2) is 0 Å². The van der Waals surface area contributed by atoms with Crippen molar-refractivity contribution in [1.82, 2.24) is 19.4 Å². The standard InChI is InChI=1S/C30H40N6O2/c1-2-32-13-15-33(16-14-32)26-7-3-23(4-8-26)25-21-29-28(11-12-31-36(29)22-25)34-17-19-35(20-18-34)30(38)24-5-9-27(37)10-6-24/h3-4,7-8,11-12,21-22,24,27,37H,2,5-6,9-10,13-20H2,1H3/t24-,27-. The molecular formula is C30H40N6O2. The molecule has 4 heterocycles. The summed E-state index contributed by atoms with van der Waals surface area (Å²) < 4.78 is 1.98. The maximum atomic E-state index is 13.0. The molecule has 1 saturated carbocycles. The van der Waals surface area contributed by atoms with Gasteiger partial charge in [0.25, 0.3) is 0 Å². The fourth-order valence-electron chi connectivity index (χ4n) is 6.36. The summed E-state index contributed by atoms with van der Waals surface area (Å²) in [5.74, 6) is 0.357. The average Bonchev–Trinajstić information content (AvgIpc) is 3.42. The first-order chi connectivity index (χ1) is 18.6. The Labute approximate surface area is 225 Å². The van der Waals surface area contributed by atoms with E-state index in [1.54, 1.807) is 0 Å². The summed E-state index contributed by atoms with van der Waals surface area (Å²) >= 11 is 0. The number of carbonyl (C=O) groups is 1. The minimum atomic E-state index is -0.225. The van der Waals surface area contributed by atoms with Crippen LogP contribution in [0.1, 0.15) is 32.6 Å². The van der Waals surface area contributed by atoms with Crippen molar-refractivity contribution in [1.29, 1.82) is 0 Å². The molecule has 1 aliphatic carbocycles. The summed E-state index contributed by atoms with van der Waals surface area (Å²) in [5, 5.41) is 14.4. The molecule has 2 aromatic heterocycles. The van der Waals surface area contributed by atoms with Crippen LogP contribution in [0.5, 0.6) is 0 Å². The Morgan fingerprint density at radius 2 is 1.55 bits per heavy atom. The highest BCUT2D eigenvalue weighted by Gasteiger charge is 2.31. The maximum Gasteiger partial charge on any atom is 0.225 e. The molecule has 6 rings (SSSR count). The van der Waals surface area contributed by atoms with Gasteiger partial charge in [-0.2, -0.15) is 5.10 Å². The number of aliphatic hydroxyl groups is 1. The van der Waals surface area contributed by atoms with Crippen molar-refractivity contribution in [3.63, 3.8) is 0 Å². The summed E-state index contributed by atoms with van der Waals surface area (Å²) in [7, 11) is 0. The highest BCUT2D eigenvalue weighted by atomic mass is 16.3. The highest BCUT2D eigenvalue weighted by Crippen LogP contribution is 2.31. The number of carbonyl (C=O) groups excluding carboxylic acids is 1. The first-order valence-electron chi connectivity index (χ1n) is 14.4. The molecule has 202 valence electrons. The van der Waals surface area contributed by atoms with Gasteiger partial charge in [0.2, 0.25) is 5.91 Å². The van der Waals surface area contributed by atoms with Crippen molar-refractivity contribution < 1.29 is 9.90 Å². The van der Waals surface area contributed by atoms with E-state index in [2.05, 4.69) is 69.3 Å². The lowest BCUT2D eigenvalue weighted by Crippen LogP contribution is -2.51. The Bertz CT molecular complexity index is 1230. The number of benzene rings is 1. The number of fused-ring (bicyclic) bond motifs is 1. The molecule has 38 heavy (non-hydrogen) atoms. The molecule has 0 radical (unpaired) electrons. The Morgan fingerprint density at radius 3 is 2.24 bits per heavy atom. The SMILES string of the molecule is CCN1CCN(c2ccc(-c3cc4c(N5CCN(C(=O)[C@H]6CC[C@H](O)CC6)CC5)ccnn4c3)cc2)CC1. The van der Waals surface area contributed by atoms with Crippen LogP contribution in [0.15, 0.2) is 48.8 Å². The minimum Gasteiger partial charge on any atom is -0.393 e. The maximum absolute atomic E-state index is 13.0. The van der Waals surface area contributed by atoms with Gasteiger partial charge in [-0.25, -0.2) is 4.52 Å². The fourth-order valence-corrected chi connectivity index (χ4v) is 6.36. The number of nitrogens with zero attached hydrogens (tertiary/aromatic N) is 6. The summed E-state index contributed by atoms with van der Waals surface area (Å²) in [6.45, 7) is 10.9. The van der Waals surface area contributed by atoms with E-state index in [1.165, 1.54) is 22.5 Å². The van der Waals surface area contributed by atoms with Gasteiger partial charge in [-0.1, -0.05) is 19.1 Å². The molecule has 2 saturated heterocycles. The van der Waals surface area contributed by atoms with Crippen molar-refractivity contribution in [3.05, 3.63) is 48.8 Å². The lowest BCUT2D eigenvalue weighted by Gasteiger charge is -2.38. The number of hydrogen-bond acceptors (Lipinski definition) is 6. The topological polar surface area (TPSA) is 67.6 Å². The fraction of sp³-hybridized carbons (Fsp3) is 0.533. The van der Waals surface area contributed by atoms with Gasteiger partial charge in [0, 0.05) is 81.9 Å². The molecule has 8 nitrogen and oxygen atoms in total. The van der Waals surface area contributed by atoms with Crippen molar-refractivity contribution in [2.75, 3.05) is 68.7 Å². The third-order valence-corrected chi connectivity index (χ3v) is 8.85. The number of likely N-dealkylation sites (N-methyl/N-ethyl adjacent to an activating group) is 1. The number of rotatable bonds is 5. The third-order valence-electron chi connectivity index (χ3n) is 8.85. The molecule has 0 bridgehead atoms. The molecule has 1 amide bonds. The monoisotopic (exact) mass is 516 g/mol. The Hall–Kier alpha value is -3.10. The summed E-state index contributed by atoms with van der Waals surface area (Å²) in [5.41, 5.74) is 5.93. The lowest BCUT2D eigenvalue weighted by atomic mass is 9.86. The zero-order chi connectivity index (χ0) is 26.1. The average molecular weight is 517 g/mol. The van der Waals surface area contributed by atoms with Crippen LogP contribution in [0.25, 0.3) is 16.6 Å². The van der Waals surface area contributed by atoms with Crippen LogP contribution in [0.2, 0.25) is 0 Å². The van der Waals surface area contributed by atoms with Gasteiger partial charge in [-0.3, -0.25) is 4.79 Å². The van der Waals surface area contributed by atoms with Crippen molar-refractivity contribution >= 4 is 22.8 Å². The summed E-state index contributed by atoms with van der Waals surface area (Å²) in [6, 6.07) is 13.3. The number of piperazine rings is 2. The van der Waals surface area contributed by atoms with Crippen molar-refractivity contribution in [3.8, 4) is 11.1 Å². The normalized spacial score (nSPS) is 23.3. The van der Waals surface area contributed by atoms with Crippen molar-refractivity contribution in [2.24, 2.45) is 5.92 Å². The molecular weight excluding hydrogens is 476 g/mol. The van der Waals surface area contributed by atoms with Crippen LogP contribution in [0.4, 0.5) is 11.4 Å². The lowest BCUT2D eigenvalue weighted by molar-refractivity contribution is -0.137. The van der Waals surface area contributed by atoms with E-state index >= 15 is 0 Å². The molecule has 3 fully saturated rings. The van der Waals surface area contributed by atoms with E-state index in [4.69, 9.17) is 0 Å². The molecule has 2 aliphatic heterocycles. The smallest absolute Gasteiger partial charge is 0.225 e. The summed E-state index contributed by atoms with van der Waals surface area (Å²) in [4.78, 5) is 22.4. The predicted octanol–water partition coefficient (Wildman–Crippen LogP) is 3.34. The van der Waals surface area contributed by atoms with Gasteiger partial charge >= 0.3 is 0 Å². The molecule has 8 heteroatoms. The molecule has 0 unspecified atom stereocenters. The van der Waals surface area contributed by atoms with Crippen LogP contribution in [-0.2, 0) is 4.79 Å². The van der Waals surface area contributed by atoms with Gasteiger partial charge < -0.3 is 24.7 Å². The summed E-state index contributed by atoms with van der Waals surface area (Å²) in [6.07, 6.45) is 6.89. The quantitative estimate of drug-likeness (QED) is 0.561. The Balaban J connectivity index is 1.12. The zero-order valence-corrected chi connectivity index (χ0v) is 22.5. The van der Waals surface area contributed by atoms with E-state index in [1.807, 2.05) is 15.6 Å². The van der Waals surface area contributed by atoms with Crippen LogP contribution in [0, 0.1) is 5.92 Å².